The minimum atomic E-state index is -4.42. The van der Waals surface area contributed by atoms with E-state index < -0.39 is 11.7 Å². The Morgan fingerprint density at radius 1 is 1.03 bits per heavy atom. The van der Waals surface area contributed by atoms with Crippen molar-refractivity contribution in [1.29, 1.82) is 0 Å². The van der Waals surface area contributed by atoms with Gasteiger partial charge < -0.3 is 9.64 Å². The molecule has 0 radical (unpaired) electrons. The number of nitrogens with zero attached hydrogens (tertiary/aromatic N) is 1. The average Bonchev–Trinajstić information content (AvgIpc) is 2.71. The lowest BCUT2D eigenvalue weighted by molar-refractivity contribution is -0.137. The molecule has 1 saturated heterocycles. The van der Waals surface area contributed by atoms with E-state index in [2.05, 4.69) is 0 Å². The first-order valence-corrected chi connectivity index (χ1v) is 9.87. The molecule has 0 saturated carbocycles. The van der Waals surface area contributed by atoms with E-state index >= 15 is 0 Å². The molecule has 0 N–H and O–H groups in total. The zero-order valence-electron chi connectivity index (χ0n) is 16.2. The van der Waals surface area contributed by atoms with Gasteiger partial charge in [-0.05, 0) is 49.1 Å². The van der Waals surface area contributed by atoms with Crippen molar-refractivity contribution in [3.05, 3.63) is 64.7 Å². The van der Waals surface area contributed by atoms with Gasteiger partial charge >= 0.3 is 6.18 Å². The summed E-state index contributed by atoms with van der Waals surface area (Å²) in [4.78, 5) is 14.1. The van der Waals surface area contributed by atoms with Crippen LogP contribution in [0.2, 0.25) is 0 Å². The fourth-order valence-electron chi connectivity index (χ4n) is 4.05. The Morgan fingerprint density at radius 3 is 2.41 bits per heavy atom. The molecular formula is C23H22F3NO2. The van der Waals surface area contributed by atoms with E-state index in [0.29, 0.717) is 49.4 Å². The van der Waals surface area contributed by atoms with Gasteiger partial charge in [-0.1, -0.05) is 30.7 Å². The van der Waals surface area contributed by atoms with Gasteiger partial charge in [0.05, 0.1) is 5.56 Å². The molecule has 2 aliphatic heterocycles. The molecule has 2 aliphatic rings. The molecule has 2 heterocycles. The zero-order valence-corrected chi connectivity index (χ0v) is 16.2. The molecule has 0 atom stereocenters. The zero-order chi connectivity index (χ0) is 20.6. The molecular weight excluding hydrogens is 379 g/mol. The van der Waals surface area contributed by atoms with E-state index in [1.165, 1.54) is 12.1 Å². The first kappa shape index (κ1) is 19.6. The lowest BCUT2D eigenvalue weighted by Crippen LogP contribution is -2.36. The van der Waals surface area contributed by atoms with Crippen molar-refractivity contribution >= 4 is 11.5 Å². The molecule has 0 bridgehead atoms. The van der Waals surface area contributed by atoms with Crippen LogP contribution in [0.15, 0.2) is 48.0 Å². The summed E-state index contributed by atoms with van der Waals surface area (Å²) in [7, 11) is 0. The second-order valence-corrected chi connectivity index (χ2v) is 7.42. The molecule has 2 aromatic carbocycles. The van der Waals surface area contributed by atoms with E-state index in [1.54, 1.807) is 0 Å². The Hall–Kier alpha value is -2.76. The maximum Gasteiger partial charge on any atom is 0.416 e. The molecule has 152 valence electrons. The Bertz CT molecular complexity index is 968. The number of carbonyl (C=O) groups is 1. The van der Waals surface area contributed by atoms with Crippen LogP contribution in [0, 0.1) is 0 Å². The number of carbonyl (C=O) groups excluding carboxylic acids is 1. The Kier molecular flexibility index (Phi) is 5.11. The van der Waals surface area contributed by atoms with Crippen molar-refractivity contribution in [2.45, 2.75) is 38.8 Å². The number of para-hydroxylation sites is 1. The number of alkyl halides is 3. The van der Waals surface area contributed by atoms with E-state index in [0.717, 1.165) is 29.2 Å². The molecule has 4 rings (SSSR count). The summed E-state index contributed by atoms with van der Waals surface area (Å²) >= 11 is 0. The molecule has 6 heteroatoms. The Morgan fingerprint density at radius 2 is 1.72 bits per heavy atom. The summed E-state index contributed by atoms with van der Waals surface area (Å²) in [5.74, 6) is 1.22. The van der Waals surface area contributed by atoms with Crippen LogP contribution in [0.25, 0.3) is 5.57 Å². The third kappa shape index (κ3) is 3.76. The number of piperidine rings is 1. The van der Waals surface area contributed by atoms with Crippen molar-refractivity contribution < 1.29 is 22.7 Å². The smallest absolute Gasteiger partial charge is 0.416 e. The van der Waals surface area contributed by atoms with E-state index in [9.17, 15) is 18.0 Å². The van der Waals surface area contributed by atoms with Crippen molar-refractivity contribution in [3.63, 3.8) is 0 Å². The van der Waals surface area contributed by atoms with Gasteiger partial charge in [-0.3, -0.25) is 4.79 Å². The lowest BCUT2D eigenvalue weighted by atomic mass is 9.85. The quantitative estimate of drug-likeness (QED) is 0.524. The number of ether oxygens (including phenoxy) is 1. The first-order valence-electron chi connectivity index (χ1n) is 9.87. The number of likely N-dealkylation sites (tertiary alicyclic amines) is 1. The van der Waals surface area contributed by atoms with E-state index in [-0.39, 0.29) is 5.91 Å². The minimum Gasteiger partial charge on any atom is -0.456 e. The standard InChI is InChI=1S/C23H22F3NO2/c1-2-5-21(28)27-12-10-15(11-13-27)22-17-6-3-4-7-19(17)29-20-9-8-16(14-18(20)22)23(24,25)26/h3-4,6-9,14H,2,5,10-13H2,1H3. The largest absolute Gasteiger partial charge is 0.456 e. The van der Waals surface area contributed by atoms with Gasteiger partial charge in [0.25, 0.3) is 0 Å². The molecule has 29 heavy (non-hydrogen) atoms. The van der Waals surface area contributed by atoms with Crippen molar-refractivity contribution in [2.24, 2.45) is 0 Å². The van der Waals surface area contributed by atoms with Crippen LogP contribution in [-0.2, 0) is 11.0 Å². The predicted molar refractivity (Wildman–Crippen MR) is 105 cm³/mol. The monoisotopic (exact) mass is 401 g/mol. The summed E-state index contributed by atoms with van der Waals surface area (Å²) in [6.45, 7) is 3.16. The molecule has 0 unspecified atom stereocenters. The topological polar surface area (TPSA) is 29.5 Å². The highest BCUT2D eigenvalue weighted by molar-refractivity contribution is 5.90. The van der Waals surface area contributed by atoms with Gasteiger partial charge in [-0.2, -0.15) is 13.2 Å². The highest BCUT2D eigenvalue weighted by Gasteiger charge is 2.34. The average molecular weight is 401 g/mol. The summed E-state index contributed by atoms with van der Waals surface area (Å²) in [5, 5.41) is 0. The van der Waals surface area contributed by atoms with Crippen molar-refractivity contribution in [2.75, 3.05) is 13.1 Å². The third-order valence-electron chi connectivity index (χ3n) is 5.49. The lowest BCUT2D eigenvalue weighted by Gasteiger charge is -2.32. The molecule has 3 nitrogen and oxygen atoms in total. The summed E-state index contributed by atoms with van der Waals surface area (Å²) in [6.07, 6.45) is -1.79. The number of rotatable bonds is 2. The molecule has 0 aliphatic carbocycles. The third-order valence-corrected chi connectivity index (χ3v) is 5.49. The molecule has 0 spiro atoms. The number of hydrogen-bond donors (Lipinski definition) is 0. The predicted octanol–water partition coefficient (Wildman–Crippen LogP) is 6.04. The highest BCUT2D eigenvalue weighted by Crippen LogP contribution is 2.48. The van der Waals surface area contributed by atoms with Crippen LogP contribution in [0.3, 0.4) is 0 Å². The number of halogens is 3. The highest BCUT2D eigenvalue weighted by atomic mass is 19.4. The van der Waals surface area contributed by atoms with Gasteiger partial charge in [0.1, 0.15) is 11.5 Å². The van der Waals surface area contributed by atoms with Gasteiger partial charge in [-0.25, -0.2) is 0 Å². The van der Waals surface area contributed by atoms with Crippen LogP contribution in [0.5, 0.6) is 11.5 Å². The summed E-state index contributed by atoms with van der Waals surface area (Å²) in [5.41, 5.74) is 2.48. The molecule has 2 aromatic rings. The van der Waals surface area contributed by atoms with Gasteiger partial charge in [0, 0.05) is 30.6 Å². The molecule has 0 aromatic heterocycles. The van der Waals surface area contributed by atoms with Crippen molar-refractivity contribution in [1.82, 2.24) is 4.90 Å². The SMILES string of the molecule is CCCC(=O)N1CCC(=C2c3ccccc3Oc3ccc(C(F)(F)F)cc32)CC1. The van der Waals surface area contributed by atoms with Crippen LogP contribution in [0.4, 0.5) is 13.2 Å². The van der Waals surface area contributed by atoms with E-state index in [1.807, 2.05) is 36.1 Å². The van der Waals surface area contributed by atoms with Gasteiger partial charge in [0.2, 0.25) is 5.91 Å². The Balaban J connectivity index is 1.77. The van der Waals surface area contributed by atoms with Crippen LogP contribution in [0.1, 0.15) is 49.3 Å². The van der Waals surface area contributed by atoms with Crippen LogP contribution < -0.4 is 4.74 Å². The van der Waals surface area contributed by atoms with Crippen molar-refractivity contribution in [3.8, 4) is 11.5 Å². The van der Waals surface area contributed by atoms with E-state index in [4.69, 9.17) is 4.74 Å². The number of amides is 1. The second-order valence-electron chi connectivity index (χ2n) is 7.42. The normalized spacial score (nSPS) is 16.2. The Labute approximate surface area is 167 Å². The van der Waals surface area contributed by atoms with Crippen LogP contribution in [-0.4, -0.2) is 23.9 Å². The first-order chi connectivity index (χ1) is 13.9. The minimum absolute atomic E-state index is 0.142. The maximum absolute atomic E-state index is 13.3. The second kappa shape index (κ2) is 7.58. The fraction of sp³-hybridized carbons (Fsp3) is 0.348. The number of benzene rings is 2. The summed E-state index contributed by atoms with van der Waals surface area (Å²) < 4.78 is 45.9. The van der Waals surface area contributed by atoms with Gasteiger partial charge in [0.15, 0.2) is 0 Å². The maximum atomic E-state index is 13.3. The summed E-state index contributed by atoms with van der Waals surface area (Å²) in [6, 6.07) is 11.1. The molecule has 1 amide bonds. The number of hydrogen-bond acceptors (Lipinski definition) is 2. The van der Waals surface area contributed by atoms with Gasteiger partial charge in [-0.15, -0.1) is 0 Å². The fourth-order valence-corrected chi connectivity index (χ4v) is 4.05. The molecule has 1 fully saturated rings. The number of fused-ring (bicyclic) bond motifs is 2. The van der Waals surface area contributed by atoms with Crippen LogP contribution >= 0.6 is 0 Å².